The topological polar surface area (TPSA) is 79.8 Å². The molecule has 6 rings (SSSR count). The Bertz CT molecular complexity index is 1120. The maximum Gasteiger partial charge on any atom is 0.163 e. The molecule has 2 aliphatic heterocycles. The smallest absolute Gasteiger partial charge is 0.163 e. The Balaban J connectivity index is 0.000000139. The van der Waals surface area contributed by atoms with E-state index in [4.69, 9.17) is 28.9 Å². The lowest BCUT2D eigenvalue weighted by Gasteiger charge is -2.27. The third-order valence-electron chi connectivity index (χ3n) is 6.14. The first-order valence-corrected chi connectivity index (χ1v) is 14.7. The molecule has 1 unspecified atom stereocenters. The minimum Gasteiger partial charge on any atom is -0.379 e. The molecular weight excluding hydrogens is 519 g/mol. The van der Waals surface area contributed by atoms with Gasteiger partial charge < -0.3 is 11.1 Å². The fraction of sp³-hybridized carbons (Fsp3) is 0.423. The second-order valence-electron chi connectivity index (χ2n) is 8.61. The first-order chi connectivity index (χ1) is 17.0. The summed E-state index contributed by atoms with van der Waals surface area (Å²) in [4.78, 5) is 19.7. The largest absolute Gasteiger partial charge is 0.379 e. The van der Waals surface area contributed by atoms with E-state index in [9.17, 15) is 4.79 Å². The first-order valence-electron chi connectivity index (χ1n) is 12.0. The molecule has 0 spiro atoms. The number of carbonyl (C=O) groups is 1. The predicted molar refractivity (Wildman–Crippen MR) is 153 cm³/mol. The van der Waals surface area contributed by atoms with Crippen molar-refractivity contribution >= 4 is 62.8 Å². The van der Waals surface area contributed by atoms with E-state index >= 15 is 0 Å². The van der Waals surface area contributed by atoms with Crippen LogP contribution >= 0.6 is 46.7 Å². The average Bonchev–Trinajstić information content (AvgIpc) is 3.55. The van der Waals surface area contributed by atoms with Crippen LogP contribution in [0.25, 0.3) is 0 Å². The Hall–Kier alpha value is -1.67. The quantitative estimate of drug-likeness (QED) is 0.436. The second-order valence-corrected chi connectivity index (χ2v) is 11.7. The molecule has 2 heterocycles. The number of nitrogens with two attached hydrogens (primary N) is 1. The van der Waals surface area contributed by atoms with Gasteiger partial charge in [0.25, 0.3) is 0 Å². The zero-order valence-electron chi connectivity index (χ0n) is 19.6. The van der Waals surface area contributed by atoms with Gasteiger partial charge in [-0.3, -0.25) is 14.8 Å². The van der Waals surface area contributed by atoms with Crippen molar-refractivity contribution in [2.75, 3.05) is 24.6 Å². The molecule has 1 atom stereocenters. The van der Waals surface area contributed by atoms with Crippen LogP contribution in [-0.4, -0.2) is 40.7 Å². The standard InChI is InChI=1S/C13H15ClN2S.C10H9ClO.C3H6N2S/c14-10-5-4-9-2-1-3-12(11(9)8-10)16-13-15-6-7-17-13;11-8-5-4-7-2-1-3-10(12)9(7)6-8;4-3-5-1-2-6-3/h4-5,8,12H,1-3,6-7H2,(H,15,16);4-6H,1-3H2;1-2H2,(H2,4,5). The van der Waals surface area contributed by atoms with Gasteiger partial charge in [0.15, 0.2) is 16.1 Å². The van der Waals surface area contributed by atoms with Crippen molar-refractivity contribution < 1.29 is 4.79 Å². The number of nitrogens with zero attached hydrogens (tertiary/aromatic N) is 2. The molecule has 4 aliphatic rings. The molecular formula is C26H30Cl2N4OS2. The number of ketones is 1. The Kier molecular flexibility index (Phi) is 9.83. The Labute approximate surface area is 225 Å². The Morgan fingerprint density at radius 2 is 1.60 bits per heavy atom. The van der Waals surface area contributed by atoms with Crippen LogP contribution in [0, 0.1) is 0 Å². The van der Waals surface area contributed by atoms with Crippen LogP contribution in [-0.2, 0) is 12.8 Å². The monoisotopic (exact) mass is 548 g/mol. The highest BCUT2D eigenvalue weighted by Gasteiger charge is 2.22. The van der Waals surface area contributed by atoms with Crippen LogP contribution in [0.15, 0.2) is 46.4 Å². The fourth-order valence-electron chi connectivity index (χ4n) is 4.44. The lowest BCUT2D eigenvalue weighted by Crippen LogP contribution is -2.28. The van der Waals surface area contributed by atoms with Gasteiger partial charge in [-0.1, -0.05) is 58.9 Å². The Morgan fingerprint density at radius 3 is 2.29 bits per heavy atom. The molecule has 0 amide bonds. The first kappa shape index (κ1) is 26.4. The van der Waals surface area contributed by atoms with Gasteiger partial charge in [0.1, 0.15) is 0 Å². The van der Waals surface area contributed by atoms with Gasteiger partial charge in [0.05, 0.1) is 19.1 Å². The summed E-state index contributed by atoms with van der Waals surface area (Å²) in [5.74, 6) is 2.42. The van der Waals surface area contributed by atoms with Gasteiger partial charge >= 0.3 is 0 Å². The third kappa shape index (κ3) is 7.66. The number of aryl methyl sites for hydroxylation is 2. The minimum atomic E-state index is 0.235. The molecule has 0 aromatic heterocycles. The van der Waals surface area contributed by atoms with Crippen LogP contribution in [0.2, 0.25) is 10.0 Å². The van der Waals surface area contributed by atoms with Crippen molar-refractivity contribution in [3.63, 3.8) is 0 Å². The highest BCUT2D eigenvalue weighted by Crippen LogP contribution is 2.32. The number of Topliss-reactive ketones (excluding diaryl/α,β-unsaturated/α-hetero) is 1. The van der Waals surface area contributed by atoms with Crippen LogP contribution in [0.5, 0.6) is 0 Å². The van der Waals surface area contributed by atoms with E-state index in [1.54, 1.807) is 17.8 Å². The van der Waals surface area contributed by atoms with Gasteiger partial charge in [-0.25, -0.2) is 0 Å². The molecule has 0 bridgehead atoms. The number of nitrogens with one attached hydrogen (secondary N) is 1. The van der Waals surface area contributed by atoms with Gasteiger partial charge in [-0.2, -0.15) is 0 Å². The van der Waals surface area contributed by atoms with E-state index in [1.807, 2.05) is 30.0 Å². The molecule has 0 fully saturated rings. The van der Waals surface area contributed by atoms with Crippen molar-refractivity contribution in [1.82, 2.24) is 5.32 Å². The van der Waals surface area contributed by atoms with Crippen molar-refractivity contribution in [1.29, 1.82) is 0 Å². The highest BCUT2D eigenvalue weighted by atomic mass is 35.5. The Morgan fingerprint density at radius 1 is 0.886 bits per heavy atom. The van der Waals surface area contributed by atoms with Crippen molar-refractivity contribution in [3.05, 3.63) is 68.7 Å². The molecule has 3 N–H and O–H groups in total. The van der Waals surface area contributed by atoms with Crippen LogP contribution < -0.4 is 11.1 Å². The SMILES string of the molecule is Clc1ccc2c(c1)C(NC1=NCCS1)CCC2.NC1=NCCS1.O=C1CCCc2ccc(Cl)cc21. The lowest BCUT2D eigenvalue weighted by molar-refractivity contribution is 0.0972. The zero-order chi connectivity index (χ0) is 24.6. The molecule has 35 heavy (non-hydrogen) atoms. The number of aliphatic imine (C=N–C) groups is 2. The number of rotatable bonds is 1. The van der Waals surface area contributed by atoms with E-state index in [1.165, 1.54) is 30.4 Å². The normalized spacial score (nSPS) is 20.3. The molecule has 2 aromatic carbocycles. The van der Waals surface area contributed by atoms with E-state index in [2.05, 4.69) is 27.4 Å². The average molecular weight is 550 g/mol. The molecule has 2 aromatic rings. The summed E-state index contributed by atoms with van der Waals surface area (Å²) >= 11 is 15.3. The molecule has 0 radical (unpaired) electrons. The lowest BCUT2D eigenvalue weighted by atomic mass is 9.88. The number of amidine groups is 2. The molecule has 0 saturated heterocycles. The van der Waals surface area contributed by atoms with E-state index in [0.717, 1.165) is 63.9 Å². The number of thioether (sulfide) groups is 2. The van der Waals surface area contributed by atoms with E-state index < -0.39 is 0 Å². The number of halogens is 2. The van der Waals surface area contributed by atoms with Crippen molar-refractivity contribution in [2.45, 2.75) is 44.6 Å². The van der Waals surface area contributed by atoms with Gasteiger partial charge in [0.2, 0.25) is 0 Å². The third-order valence-corrected chi connectivity index (χ3v) is 8.33. The van der Waals surface area contributed by atoms with Crippen LogP contribution in [0.3, 0.4) is 0 Å². The van der Waals surface area contributed by atoms with Gasteiger partial charge in [-0.05, 0) is 73.1 Å². The zero-order valence-corrected chi connectivity index (χ0v) is 22.7. The summed E-state index contributed by atoms with van der Waals surface area (Å²) in [6, 6.07) is 12.2. The fourth-order valence-corrected chi connectivity index (χ4v) is 6.15. The van der Waals surface area contributed by atoms with Crippen molar-refractivity contribution in [2.24, 2.45) is 15.7 Å². The van der Waals surface area contributed by atoms with E-state index in [-0.39, 0.29) is 5.78 Å². The summed E-state index contributed by atoms with van der Waals surface area (Å²) in [7, 11) is 0. The highest BCUT2D eigenvalue weighted by molar-refractivity contribution is 8.14. The molecule has 9 heteroatoms. The summed E-state index contributed by atoms with van der Waals surface area (Å²) in [5, 5.41) is 6.89. The molecule has 2 aliphatic carbocycles. The van der Waals surface area contributed by atoms with Gasteiger partial charge in [-0.15, -0.1) is 0 Å². The van der Waals surface area contributed by atoms with Gasteiger partial charge in [0, 0.05) is 33.5 Å². The number of benzene rings is 2. The summed E-state index contributed by atoms with van der Waals surface area (Å²) < 4.78 is 0. The predicted octanol–water partition coefficient (Wildman–Crippen LogP) is 6.32. The van der Waals surface area contributed by atoms with Crippen molar-refractivity contribution in [3.8, 4) is 0 Å². The number of hydrogen-bond acceptors (Lipinski definition) is 7. The van der Waals surface area contributed by atoms with Crippen LogP contribution in [0.4, 0.5) is 0 Å². The minimum absolute atomic E-state index is 0.235. The second kappa shape index (κ2) is 13.0. The summed E-state index contributed by atoms with van der Waals surface area (Å²) in [5.41, 5.74) is 10.0. The molecule has 5 nitrogen and oxygen atoms in total. The van der Waals surface area contributed by atoms with E-state index in [0.29, 0.717) is 17.5 Å². The number of carbonyl (C=O) groups excluding carboxylic acids is 1. The summed E-state index contributed by atoms with van der Waals surface area (Å²) in [6.45, 7) is 1.86. The maximum absolute atomic E-state index is 11.4. The maximum atomic E-state index is 11.4. The van der Waals surface area contributed by atoms with Crippen LogP contribution in [0.1, 0.15) is 58.8 Å². The number of hydrogen-bond donors (Lipinski definition) is 2. The molecule has 186 valence electrons. The molecule has 0 saturated carbocycles. The number of fused-ring (bicyclic) bond motifs is 2. The summed E-state index contributed by atoms with van der Waals surface area (Å²) in [6.07, 6.45) is 6.25.